The van der Waals surface area contributed by atoms with Gasteiger partial charge in [0.15, 0.2) is 5.69 Å². The van der Waals surface area contributed by atoms with Crippen LogP contribution in [-0.2, 0) is 6.54 Å². The maximum Gasteiger partial charge on any atom is 0.355 e. The molecule has 0 aliphatic carbocycles. The van der Waals surface area contributed by atoms with Crippen molar-refractivity contribution in [3.05, 3.63) is 27.1 Å². The van der Waals surface area contributed by atoms with Crippen molar-refractivity contribution < 1.29 is 14.7 Å². The van der Waals surface area contributed by atoms with E-state index in [4.69, 9.17) is 5.11 Å². The van der Waals surface area contributed by atoms with Gasteiger partial charge in [0.1, 0.15) is 5.01 Å². The molecule has 6 nitrogen and oxygen atoms in total. The monoisotopic (exact) mass is 319 g/mol. The van der Waals surface area contributed by atoms with Crippen LogP contribution in [0.5, 0.6) is 0 Å². The number of halogens is 1. The minimum absolute atomic E-state index is 0.0129. The molecule has 8 heteroatoms. The molecule has 0 saturated carbocycles. The molecule has 0 aliphatic rings. The van der Waals surface area contributed by atoms with Gasteiger partial charge in [-0.05, 0) is 0 Å². The topological polar surface area (TPSA) is 91.3 Å². The van der Waals surface area contributed by atoms with Crippen molar-refractivity contribution in [1.29, 1.82) is 0 Å². The van der Waals surface area contributed by atoms with Crippen LogP contribution in [0.1, 0.15) is 15.5 Å². The van der Waals surface area contributed by atoms with Gasteiger partial charge in [-0.3, -0.25) is 0 Å². The molecule has 0 radical (unpaired) electrons. The van der Waals surface area contributed by atoms with Crippen molar-refractivity contribution in [1.82, 2.24) is 15.6 Å². The van der Waals surface area contributed by atoms with Gasteiger partial charge >= 0.3 is 12.0 Å². The van der Waals surface area contributed by atoms with Gasteiger partial charge in [-0.2, -0.15) is 0 Å². The second-order valence-corrected chi connectivity index (χ2v) is 5.05. The van der Waals surface area contributed by atoms with E-state index in [0.717, 1.165) is 0 Å². The molecule has 1 aromatic heterocycles. The first-order valence-electron chi connectivity index (χ1n) is 4.51. The first-order valence-corrected chi connectivity index (χ1v) is 6.19. The molecular weight excluding hydrogens is 310 g/mol. The summed E-state index contributed by atoms with van der Waals surface area (Å²) in [5.41, 5.74) is -0.0129. The summed E-state index contributed by atoms with van der Waals surface area (Å²) in [7, 11) is 0. The highest BCUT2D eigenvalue weighted by molar-refractivity contribution is 9.11. The van der Waals surface area contributed by atoms with E-state index in [-0.39, 0.29) is 18.3 Å². The molecule has 0 bridgehead atoms. The third-order valence-corrected chi connectivity index (χ3v) is 2.74. The Hall–Kier alpha value is -1.41. The Bertz CT molecular complexity index is 446. The Balaban J connectivity index is 2.36. The van der Waals surface area contributed by atoms with Crippen molar-refractivity contribution in [2.24, 2.45) is 0 Å². The van der Waals surface area contributed by atoms with E-state index < -0.39 is 5.97 Å². The van der Waals surface area contributed by atoms with Crippen LogP contribution in [0.4, 0.5) is 4.79 Å². The maximum absolute atomic E-state index is 11.2. The lowest BCUT2D eigenvalue weighted by Gasteiger charge is -2.04. The standard InChI is InChI=1S/C9H10BrN3O3S/c1-5(10)2-11-9(16)12-3-7-13-6(4-17-7)8(14)15/h4H,1-3H2,(H,14,15)(H2,11,12,16). The summed E-state index contributed by atoms with van der Waals surface area (Å²) < 4.78 is 0.662. The minimum atomic E-state index is -1.08. The number of nitrogens with zero attached hydrogens (tertiary/aromatic N) is 1. The van der Waals surface area contributed by atoms with E-state index >= 15 is 0 Å². The maximum atomic E-state index is 11.2. The van der Waals surface area contributed by atoms with E-state index in [1.807, 2.05) is 0 Å². The zero-order chi connectivity index (χ0) is 12.8. The summed E-state index contributed by atoms with van der Waals surface area (Å²) in [4.78, 5) is 25.6. The predicted molar refractivity (Wildman–Crippen MR) is 67.4 cm³/mol. The van der Waals surface area contributed by atoms with Crippen LogP contribution in [-0.4, -0.2) is 28.6 Å². The number of aromatic carboxylic acids is 1. The lowest BCUT2D eigenvalue weighted by atomic mass is 10.5. The highest BCUT2D eigenvalue weighted by Gasteiger charge is 2.09. The molecule has 1 heterocycles. The molecule has 0 aromatic carbocycles. The third kappa shape index (κ3) is 4.96. The van der Waals surface area contributed by atoms with Gasteiger partial charge in [0.2, 0.25) is 0 Å². The average molecular weight is 320 g/mol. The number of hydrogen-bond donors (Lipinski definition) is 3. The molecule has 0 spiro atoms. The van der Waals surface area contributed by atoms with Gasteiger partial charge in [-0.1, -0.05) is 22.5 Å². The molecule has 0 aliphatic heterocycles. The van der Waals surface area contributed by atoms with Gasteiger partial charge in [0.05, 0.1) is 13.1 Å². The highest BCUT2D eigenvalue weighted by atomic mass is 79.9. The molecule has 0 atom stereocenters. The molecule has 17 heavy (non-hydrogen) atoms. The summed E-state index contributed by atoms with van der Waals surface area (Å²) in [6.45, 7) is 4.08. The number of thiazole rings is 1. The Kier molecular flexibility index (Phi) is 5.11. The predicted octanol–water partition coefficient (Wildman–Crippen LogP) is 1.55. The van der Waals surface area contributed by atoms with Gasteiger partial charge in [0, 0.05) is 9.86 Å². The summed E-state index contributed by atoms with van der Waals surface area (Å²) in [6.07, 6.45) is 0. The van der Waals surface area contributed by atoms with Crippen molar-refractivity contribution in [2.75, 3.05) is 6.54 Å². The molecule has 1 rings (SSSR count). The van der Waals surface area contributed by atoms with Gasteiger partial charge in [-0.15, -0.1) is 11.3 Å². The number of amides is 2. The van der Waals surface area contributed by atoms with Crippen molar-refractivity contribution in [3.63, 3.8) is 0 Å². The third-order valence-electron chi connectivity index (χ3n) is 1.61. The molecule has 92 valence electrons. The van der Waals surface area contributed by atoms with Gasteiger partial charge in [-0.25, -0.2) is 14.6 Å². The molecule has 3 N–H and O–H groups in total. The van der Waals surface area contributed by atoms with Crippen LogP contribution in [0.2, 0.25) is 0 Å². The second-order valence-electron chi connectivity index (χ2n) is 2.99. The second kappa shape index (κ2) is 6.36. The fourth-order valence-corrected chi connectivity index (χ4v) is 1.73. The molecule has 1 aromatic rings. The van der Waals surface area contributed by atoms with Crippen molar-refractivity contribution in [2.45, 2.75) is 6.54 Å². The number of carboxylic acids is 1. The summed E-state index contributed by atoms with van der Waals surface area (Å²) in [5, 5.41) is 15.7. The quantitative estimate of drug-likeness (QED) is 0.767. The Morgan fingerprint density at radius 3 is 2.76 bits per heavy atom. The largest absolute Gasteiger partial charge is 0.476 e. The number of hydrogen-bond acceptors (Lipinski definition) is 4. The summed E-state index contributed by atoms with van der Waals surface area (Å²) in [6, 6.07) is -0.363. The number of aromatic nitrogens is 1. The molecule has 0 saturated heterocycles. The van der Waals surface area contributed by atoms with Crippen LogP contribution >= 0.6 is 27.3 Å². The number of carbonyl (C=O) groups is 2. The average Bonchev–Trinajstić information content (AvgIpc) is 2.72. The zero-order valence-corrected chi connectivity index (χ0v) is 11.1. The number of carbonyl (C=O) groups excluding carboxylic acids is 1. The Labute approximate surface area is 110 Å². The normalized spacial score (nSPS) is 9.71. The van der Waals surface area contributed by atoms with Crippen molar-refractivity contribution in [3.8, 4) is 0 Å². The van der Waals surface area contributed by atoms with Crippen LogP contribution in [0.25, 0.3) is 0 Å². The summed E-state index contributed by atoms with van der Waals surface area (Å²) in [5.74, 6) is -1.08. The van der Waals surface area contributed by atoms with Gasteiger partial charge in [0.25, 0.3) is 0 Å². The van der Waals surface area contributed by atoms with E-state index in [9.17, 15) is 9.59 Å². The molecule has 0 fully saturated rings. The van der Waals surface area contributed by atoms with Crippen LogP contribution in [0.15, 0.2) is 16.4 Å². The lowest BCUT2D eigenvalue weighted by molar-refractivity contribution is 0.0691. The fraction of sp³-hybridized carbons (Fsp3) is 0.222. The van der Waals surface area contributed by atoms with E-state index in [0.29, 0.717) is 16.0 Å². The van der Waals surface area contributed by atoms with Crippen molar-refractivity contribution >= 4 is 39.3 Å². The number of carboxylic acid groups (broad SMARTS) is 1. The first kappa shape index (κ1) is 13.7. The molecule has 0 unspecified atom stereocenters. The molecular formula is C9H10BrN3O3S. The molecule has 2 amide bonds. The van der Waals surface area contributed by atoms with Gasteiger partial charge < -0.3 is 15.7 Å². The zero-order valence-electron chi connectivity index (χ0n) is 8.70. The fourth-order valence-electron chi connectivity index (χ4n) is 0.885. The van der Waals surface area contributed by atoms with E-state index in [1.165, 1.54) is 16.7 Å². The number of nitrogens with one attached hydrogen (secondary N) is 2. The lowest BCUT2D eigenvalue weighted by Crippen LogP contribution is -2.35. The smallest absolute Gasteiger partial charge is 0.355 e. The number of urea groups is 1. The Morgan fingerprint density at radius 1 is 1.53 bits per heavy atom. The van der Waals surface area contributed by atoms with Crippen LogP contribution < -0.4 is 10.6 Å². The van der Waals surface area contributed by atoms with Crippen LogP contribution in [0.3, 0.4) is 0 Å². The minimum Gasteiger partial charge on any atom is -0.476 e. The van der Waals surface area contributed by atoms with Crippen LogP contribution in [0, 0.1) is 0 Å². The Morgan fingerprint density at radius 2 is 2.24 bits per heavy atom. The SMILES string of the molecule is C=C(Br)CNC(=O)NCc1nc(C(=O)O)cs1. The summed E-state index contributed by atoms with van der Waals surface area (Å²) >= 11 is 4.29. The number of rotatable bonds is 5. The van der Waals surface area contributed by atoms with E-state index in [1.54, 1.807) is 0 Å². The highest BCUT2D eigenvalue weighted by Crippen LogP contribution is 2.09. The first-order chi connectivity index (χ1) is 7.99. The van der Waals surface area contributed by atoms with E-state index in [2.05, 4.69) is 38.1 Å².